The summed E-state index contributed by atoms with van der Waals surface area (Å²) in [5.41, 5.74) is 0. The molecule has 104 valence electrons. The lowest BCUT2D eigenvalue weighted by Gasteiger charge is -2.35. The van der Waals surface area contributed by atoms with E-state index in [1.54, 1.807) is 12.0 Å². The molecule has 0 aliphatic carbocycles. The number of nitrogens with zero attached hydrogens (tertiary/aromatic N) is 1. The van der Waals surface area contributed by atoms with Gasteiger partial charge in [0.25, 0.3) is 0 Å². The molecule has 0 spiro atoms. The molecule has 0 aromatic carbocycles. The van der Waals surface area contributed by atoms with Crippen molar-refractivity contribution >= 4 is 12.0 Å². The number of nitrogens with one attached hydrogen (secondary N) is 1. The number of carboxylic acid groups (broad SMARTS) is 1. The van der Waals surface area contributed by atoms with Gasteiger partial charge in [0.05, 0.1) is 19.1 Å². The molecule has 0 saturated carbocycles. The monoisotopic (exact) mass is 258 g/mol. The molecule has 2 N–H and O–H groups in total. The van der Waals surface area contributed by atoms with Crippen molar-refractivity contribution in [1.82, 2.24) is 10.2 Å². The maximum Gasteiger partial charge on any atom is 0.317 e. The summed E-state index contributed by atoms with van der Waals surface area (Å²) >= 11 is 0. The maximum atomic E-state index is 12.0. The fourth-order valence-electron chi connectivity index (χ4n) is 2.27. The van der Waals surface area contributed by atoms with E-state index in [4.69, 9.17) is 9.84 Å². The molecule has 0 aromatic heterocycles. The van der Waals surface area contributed by atoms with Gasteiger partial charge in [0.1, 0.15) is 0 Å². The summed E-state index contributed by atoms with van der Waals surface area (Å²) in [5.74, 6) is -0.857. The molecule has 0 bridgehead atoms. The van der Waals surface area contributed by atoms with Gasteiger partial charge in [0.15, 0.2) is 0 Å². The fourth-order valence-corrected chi connectivity index (χ4v) is 2.27. The van der Waals surface area contributed by atoms with Gasteiger partial charge < -0.3 is 20.1 Å². The Morgan fingerprint density at radius 2 is 2.22 bits per heavy atom. The standard InChI is InChI=1S/C12H22N2O4/c1-9(8-18-2)13-12(17)14-6-4-3-5-10(14)7-11(15)16/h9-10H,3-8H2,1-2H3,(H,13,17)(H,15,16). The number of aliphatic carboxylic acids is 1. The zero-order valence-electron chi connectivity index (χ0n) is 11.0. The van der Waals surface area contributed by atoms with Crippen LogP contribution < -0.4 is 5.32 Å². The quantitative estimate of drug-likeness (QED) is 0.773. The van der Waals surface area contributed by atoms with E-state index in [-0.39, 0.29) is 24.5 Å². The summed E-state index contributed by atoms with van der Waals surface area (Å²) in [6.07, 6.45) is 2.70. The summed E-state index contributed by atoms with van der Waals surface area (Å²) in [6.45, 7) is 2.93. The molecule has 1 aliphatic rings. The third kappa shape index (κ3) is 4.52. The highest BCUT2D eigenvalue weighted by Crippen LogP contribution is 2.19. The van der Waals surface area contributed by atoms with E-state index in [9.17, 15) is 9.59 Å². The van der Waals surface area contributed by atoms with Crippen LogP contribution in [-0.2, 0) is 9.53 Å². The molecule has 2 atom stereocenters. The minimum Gasteiger partial charge on any atom is -0.481 e. The molecule has 18 heavy (non-hydrogen) atoms. The van der Waals surface area contributed by atoms with Gasteiger partial charge >= 0.3 is 12.0 Å². The van der Waals surface area contributed by atoms with Crippen LogP contribution in [0.3, 0.4) is 0 Å². The van der Waals surface area contributed by atoms with Crippen LogP contribution in [0.15, 0.2) is 0 Å². The summed E-state index contributed by atoms with van der Waals surface area (Å²) in [6, 6.07) is -0.452. The van der Waals surface area contributed by atoms with Crippen LogP contribution in [-0.4, -0.2) is 54.4 Å². The van der Waals surface area contributed by atoms with Crippen LogP contribution in [0.5, 0.6) is 0 Å². The van der Waals surface area contributed by atoms with Crippen LogP contribution in [0.1, 0.15) is 32.6 Å². The van der Waals surface area contributed by atoms with Crippen LogP contribution in [0.4, 0.5) is 4.79 Å². The van der Waals surface area contributed by atoms with Crippen LogP contribution in [0.25, 0.3) is 0 Å². The first-order valence-corrected chi connectivity index (χ1v) is 6.32. The van der Waals surface area contributed by atoms with Gasteiger partial charge in [0, 0.05) is 19.7 Å². The predicted octanol–water partition coefficient (Wildman–Crippen LogP) is 1.06. The highest BCUT2D eigenvalue weighted by molar-refractivity contribution is 5.76. The Hall–Kier alpha value is -1.30. The largest absolute Gasteiger partial charge is 0.481 e. The number of amides is 2. The third-order valence-corrected chi connectivity index (χ3v) is 3.08. The average Bonchev–Trinajstić information content (AvgIpc) is 2.28. The molecule has 0 radical (unpaired) electrons. The Kier molecular flexibility index (Phi) is 5.91. The van der Waals surface area contributed by atoms with Crippen LogP contribution >= 0.6 is 0 Å². The highest BCUT2D eigenvalue weighted by Gasteiger charge is 2.28. The van der Waals surface area contributed by atoms with E-state index in [1.165, 1.54) is 0 Å². The first-order chi connectivity index (χ1) is 8.54. The minimum absolute atomic E-state index is 0.0199. The molecule has 0 aromatic rings. The van der Waals surface area contributed by atoms with E-state index in [0.717, 1.165) is 19.3 Å². The Bertz CT molecular complexity index is 296. The van der Waals surface area contributed by atoms with E-state index in [0.29, 0.717) is 13.2 Å². The van der Waals surface area contributed by atoms with E-state index >= 15 is 0 Å². The van der Waals surface area contributed by atoms with Crippen molar-refractivity contribution < 1.29 is 19.4 Å². The van der Waals surface area contributed by atoms with Crippen molar-refractivity contribution in [2.75, 3.05) is 20.3 Å². The first-order valence-electron chi connectivity index (χ1n) is 6.32. The van der Waals surface area contributed by atoms with Gasteiger partial charge in [-0.3, -0.25) is 4.79 Å². The lowest BCUT2D eigenvalue weighted by atomic mass is 10.00. The maximum absolute atomic E-state index is 12.0. The molecule has 1 saturated heterocycles. The summed E-state index contributed by atoms with van der Waals surface area (Å²) < 4.78 is 4.96. The average molecular weight is 258 g/mol. The Labute approximate surface area is 107 Å². The van der Waals surface area contributed by atoms with E-state index in [2.05, 4.69) is 5.32 Å². The zero-order valence-corrected chi connectivity index (χ0v) is 11.0. The molecular formula is C12H22N2O4. The lowest BCUT2D eigenvalue weighted by molar-refractivity contribution is -0.138. The van der Waals surface area contributed by atoms with Gasteiger partial charge in [-0.05, 0) is 26.2 Å². The number of likely N-dealkylation sites (tertiary alicyclic amines) is 1. The topological polar surface area (TPSA) is 78.9 Å². The van der Waals surface area contributed by atoms with Crippen molar-refractivity contribution in [3.63, 3.8) is 0 Å². The van der Waals surface area contributed by atoms with Crippen LogP contribution in [0.2, 0.25) is 0 Å². The van der Waals surface area contributed by atoms with E-state index < -0.39 is 5.97 Å². The third-order valence-electron chi connectivity index (χ3n) is 3.08. The number of methoxy groups -OCH3 is 1. The highest BCUT2D eigenvalue weighted by atomic mass is 16.5. The number of hydrogen-bond acceptors (Lipinski definition) is 3. The molecule has 2 unspecified atom stereocenters. The molecule has 2 amide bonds. The van der Waals surface area contributed by atoms with Crippen molar-refractivity contribution in [1.29, 1.82) is 0 Å². The van der Waals surface area contributed by atoms with Gasteiger partial charge in [-0.15, -0.1) is 0 Å². The smallest absolute Gasteiger partial charge is 0.317 e. The van der Waals surface area contributed by atoms with Crippen molar-refractivity contribution in [3.8, 4) is 0 Å². The number of rotatable bonds is 5. The molecule has 1 heterocycles. The van der Waals surface area contributed by atoms with Crippen molar-refractivity contribution in [2.24, 2.45) is 0 Å². The number of ether oxygens (including phenoxy) is 1. The Morgan fingerprint density at radius 1 is 1.50 bits per heavy atom. The van der Waals surface area contributed by atoms with Crippen LogP contribution in [0, 0.1) is 0 Å². The van der Waals surface area contributed by atoms with E-state index in [1.807, 2.05) is 6.92 Å². The van der Waals surface area contributed by atoms with Gasteiger partial charge in [0.2, 0.25) is 0 Å². The number of carboxylic acids is 1. The number of piperidine rings is 1. The molecule has 1 aliphatic heterocycles. The molecule has 1 rings (SSSR count). The second-order valence-corrected chi connectivity index (χ2v) is 4.75. The van der Waals surface area contributed by atoms with Gasteiger partial charge in [-0.1, -0.05) is 0 Å². The minimum atomic E-state index is -0.857. The molecule has 6 heteroatoms. The second kappa shape index (κ2) is 7.20. The lowest BCUT2D eigenvalue weighted by Crippen LogP contribution is -2.52. The SMILES string of the molecule is COCC(C)NC(=O)N1CCCCC1CC(=O)O. The Morgan fingerprint density at radius 3 is 2.83 bits per heavy atom. The summed E-state index contributed by atoms with van der Waals surface area (Å²) in [4.78, 5) is 24.5. The number of hydrogen-bond donors (Lipinski definition) is 2. The molecular weight excluding hydrogens is 236 g/mol. The second-order valence-electron chi connectivity index (χ2n) is 4.75. The normalized spacial score (nSPS) is 21.4. The predicted molar refractivity (Wildman–Crippen MR) is 66.5 cm³/mol. The summed E-state index contributed by atoms with van der Waals surface area (Å²) in [5, 5.41) is 11.7. The molecule has 6 nitrogen and oxygen atoms in total. The van der Waals surface area contributed by atoms with Gasteiger partial charge in [-0.25, -0.2) is 4.79 Å². The van der Waals surface area contributed by atoms with Crippen molar-refractivity contribution in [2.45, 2.75) is 44.7 Å². The number of carbonyl (C=O) groups excluding carboxylic acids is 1. The van der Waals surface area contributed by atoms with Crippen molar-refractivity contribution in [3.05, 3.63) is 0 Å². The molecule has 1 fully saturated rings. The number of urea groups is 1. The zero-order chi connectivity index (χ0) is 13.5. The number of carbonyl (C=O) groups is 2. The fraction of sp³-hybridized carbons (Fsp3) is 0.833. The first kappa shape index (κ1) is 14.8. The Balaban J connectivity index is 2.54. The summed E-state index contributed by atoms with van der Waals surface area (Å²) in [7, 11) is 1.58. The van der Waals surface area contributed by atoms with Gasteiger partial charge in [-0.2, -0.15) is 0 Å².